The van der Waals surface area contributed by atoms with Crippen LogP contribution in [0.15, 0.2) is 47.7 Å². The predicted molar refractivity (Wildman–Crippen MR) is 166 cm³/mol. The number of hydrogen-bond acceptors (Lipinski definition) is 8. The molecule has 6 rings (SSSR count). The molecule has 1 aliphatic heterocycles. The van der Waals surface area contributed by atoms with Crippen molar-refractivity contribution in [3.63, 3.8) is 0 Å². The Morgan fingerprint density at radius 3 is 2.51 bits per heavy atom. The van der Waals surface area contributed by atoms with E-state index in [-0.39, 0.29) is 30.3 Å². The molecule has 2 unspecified atom stereocenters. The minimum atomic E-state index is -3.02. The number of nitrogens with one attached hydrogen (secondary N) is 1. The number of anilines is 1. The zero-order valence-electron chi connectivity index (χ0n) is 23.4. The highest BCUT2D eigenvalue weighted by Gasteiger charge is 2.50. The van der Waals surface area contributed by atoms with Crippen molar-refractivity contribution in [2.45, 2.75) is 49.5 Å². The molecule has 3 fully saturated rings. The zero-order chi connectivity index (χ0) is 30.4. The molecule has 0 radical (unpaired) electrons. The molecule has 2 aromatic heterocycles. The normalized spacial score (nSPS) is 23.8. The lowest BCUT2D eigenvalue weighted by atomic mass is 9.74. The molecule has 3 aromatic rings. The van der Waals surface area contributed by atoms with Crippen LogP contribution in [-0.2, 0) is 14.6 Å². The Labute approximate surface area is 258 Å². The number of carbonyl (C=O) groups is 1. The third kappa shape index (κ3) is 6.61. The minimum absolute atomic E-state index is 0.0446. The summed E-state index contributed by atoms with van der Waals surface area (Å²) in [6, 6.07) is 9.36. The van der Waals surface area contributed by atoms with Crippen molar-refractivity contribution in [3.8, 4) is 21.0 Å². The molecule has 228 valence electrons. The van der Waals surface area contributed by atoms with Crippen LogP contribution in [0.2, 0.25) is 5.02 Å². The van der Waals surface area contributed by atoms with Gasteiger partial charge in [0.15, 0.2) is 9.84 Å². The van der Waals surface area contributed by atoms with Gasteiger partial charge < -0.3 is 10.2 Å². The monoisotopic (exact) mass is 647 g/mol. The van der Waals surface area contributed by atoms with Crippen LogP contribution in [-0.4, -0.2) is 73.6 Å². The Morgan fingerprint density at radius 2 is 1.86 bits per heavy atom. The number of amides is 1. The Kier molecular flexibility index (Phi) is 8.06. The highest BCUT2D eigenvalue weighted by molar-refractivity contribution is 7.91. The maximum Gasteiger partial charge on any atom is 0.248 e. The first-order chi connectivity index (χ1) is 20.5. The van der Waals surface area contributed by atoms with Crippen molar-refractivity contribution in [2.75, 3.05) is 36.0 Å². The SMILES string of the molecule is C=NCC1(NC(=O)C2CCC(F)(F)CC2c2nc(-c3cncc(Cl)c3)sc2-c2ccc(N3CCS(=O)(=O)CC3)cc2)CC1. The lowest BCUT2D eigenvalue weighted by Gasteiger charge is -2.35. The van der Waals surface area contributed by atoms with E-state index in [4.69, 9.17) is 16.6 Å². The first kappa shape index (κ1) is 30.1. The lowest BCUT2D eigenvalue weighted by molar-refractivity contribution is -0.131. The summed E-state index contributed by atoms with van der Waals surface area (Å²) in [5, 5.41) is 4.11. The molecule has 1 saturated heterocycles. The number of hydrogen-bond donors (Lipinski definition) is 1. The fourth-order valence-electron chi connectivity index (χ4n) is 6.01. The molecule has 1 amide bonds. The summed E-state index contributed by atoms with van der Waals surface area (Å²) in [6.07, 6.45) is 3.91. The fraction of sp³-hybridized carbons (Fsp3) is 0.467. The van der Waals surface area contributed by atoms with E-state index in [0.717, 1.165) is 24.1 Å². The number of aromatic nitrogens is 2. The topological polar surface area (TPSA) is 105 Å². The molecule has 0 spiro atoms. The van der Waals surface area contributed by atoms with E-state index in [1.165, 1.54) is 17.5 Å². The van der Waals surface area contributed by atoms with Crippen molar-refractivity contribution in [1.29, 1.82) is 0 Å². The highest BCUT2D eigenvalue weighted by atomic mass is 35.5. The van der Waals surface area contributed by atoms with E-state index in [2.05, 4.69) is 22.0 Å². The zero-order valence-corrected chi connectivity index (χ0v) is 25.8. The van der Waals surface area contributed by atoms with Crippen LogP contribution in [0.3, 0.4) is 0 Å². The number of halogens is 3. The van der Waals surface area contributed by atoms with Crippen molar-refractivity contribution in [2.24, 2.45) is 10.9 Å². The van der Waals surface area contributed by atoms with E-state index in [1.807, 2.05) is 29.2 Å². The maximum absolute atomic E-state index is 15.0. The van der Waals surface area contributed by atoms with Crippen LogP contribution in [0.5, 0.6) is 0 Å². The Bertz CT molecular complexity index is 1630. The standard InChI is InChI=1S/C30H32ClF2N5O3S2/c1-34-18-29(8-9-29)37-27(39)23-6-7-30(32,33)15-24(23)25-26(42-28(36-25)20-14-21(31)17-35-16-20)19-2-4-22(5-3-19)38-10-12-43(40,41)13-11-38/h2-5,14,16-17,23-24H,1,6-13,15,18H2,(H,37,39). The minimum Gasteiger partial charge on any atom is -0.369 e. The number of aliphatic imine (C=N–C) groups is 1. The largest absolute Gasteiger partial charge is 0.369 e. The second kappa shape index (κ2) is 11.5. The van der Waals surface area contributed by atoms with Gasteiger partial charge in [-0.2, -0.15) is 0 Å². The number of nitrogens with zero attached hydrogens (tertiary/aromatic N) is 4. The molecule has 3 heterocycles. The van der Waals surface area contributed by atoms with Crippen LogP contribution >= 0.6 is 22.9 Å². The van der Waals surface area contributed by atoms with Gasteiger partial charge in [0.25, 0.3) is 0 Å². The summed E-state index contributed by atoms with van der Waals surface area (Å²) in [5.74, 6) is -4.46. The molecule has 0 bridgehead atoms. The number of rotatable bonds is 8. The van der Waals surface area contributed by atoms with Gasteiger partial charge in [-0.15, -0.1) is 11.3 Å². The average Bonchev–Trinajstić information content (AvgIpc) is 3.56. The van der Waals surface area contributed by atoms with Gasteiger partial charge in [-0.05, 0) is 49.7 Å². The molecule has 2 saturated carbocycles. The summed E-state index contributed by atoms with van der Waals surface area (Å²) in [4.78, 5) is 29.4. The summed E-state index contributed by atoms with van der Waals surface area (Å²) < 4.78 is 53.8. The molecular formula is C30H32ClF2N5O3S2. The third-order valence-corrected chi connectivity index (χ3v) is 11.6. The highest BCUT2D eigenvalue weighted by Crippen LogP contribution is 2.50. The maximum atomic E-state index is 15.0. The van der Waals surface area contributed by atoms with Gasteiger partial charge in [0.1, 0.15) is 5.01 Å². The van der Waals surface area contributed by atoms with Gasteiger partial charge in [0, 0.05) is 61.4 Å². The van der Waals surface area contributed by atoms with Gasteiger partial charge in [-0.3, -0.25) is 14.8 Å². The number of pyridine rings is 1. The Hall–Kier alpha value is -2.96. The van der Waals surface area contributed by atoms with Gasteiger partial charge in [0.05, 0.1) is 39.2 Å². The van der Waals surface area contributed by atoms with Crippen molar-refractivity contribution >= 4 is 51.1 Å². The van der Waals surface area contributed by atoms with Crippen molar-refractivity contribution in [3.05, 3.63) is 53.4 Å². The second-order valence-corrected chi connectivity index (χ2v) is 15.5. The van der Waals surface area contributed by atoms with Crippen LogP contribution in [0.25, 0.3) is 21.0 Å². The second-order valence-electron chi connectivity index (χ2n) is 11.8. The predicted octanol–water partition coefficient (Wildman–Crippen LogP) is 5.63. The van der Waals surface area contributed by atoms with E-state index >= 15 is 8.78 Å². The third-order valence-electron chi connectivity index (χ3n) is 8.61. The summed E-state index contributed by atoms with van der Waals surface area (Å²) in [5.41, 5.74) is 2.35. The molecule has 2 aliphatic carbocycles. The number of sulfone groups is 1. The van der Waals surface area contributed by atoms with E-state index in [0.29, 0.717) is 45.8 Å². The molecule has 2 atom stereocenters. The van der Waals surface area contributed by atoms with Crippen molar-refractivity contribution in [1.82, 2.24) is 15.3 Å². The smallest absolute Gasteiger partial charge is 0.248 e. The number of alkyl halides is 2. The van der Waals surface area contributed by atoms with Gasteiger partial charge in [-0.1, -0.05) is 23.7 Å². The average molecular weight is 648 g/mol. The van der Waals surface area contributed by atoms with E-state index in [1.54, 1.807) is 12.3 Å². The molecular weight excluding hydrogens is 616 g/mol. The van der Waals surface area contributed by atoms with E-state index < -0.39 is 39.6 Å². The molecule has 3 aliphatic rings. The van der Waals surface area contributed by atoms with Crippen LogP contribution in [0.4, 0.5) is 14.5 Å². The Morgan fingerprint density at radius 1 is 1.14 bits per heavy atom. The van der Waals surface area contributed by atoms with Crippen LogP contribution in [0, 0.1) is 5.92 Å². The molecule has 1 aromatic carbocycles. The van der Waals surface area contributed by atoms with Crippen LogP contribution < -0.4 is 10.2 Å². The quantitative estimate of drug-likeness (QED) is 0.318. The molecule has 43 heavy (non-hydrogen) atoms. The number of thiazole rings is 1. The fourth-order valence-corrected chi connectivity index (χ4v) is 8.51. The lowest BCUT2D eigenvalue weighted by Crippen LogP contribution is -2.46. The first-order valence-electron chi connectivity index (χ1n) is 14.3. The first-order valence-corrected chi connectivity index (χ1v) is 17.3. The summed E-state index contributed by atoms with van der Waals surface area (Å²) in [6.45, 7) is 4.78. The summed E-state index contributed by atoms with van der Waals surface area (Å²) >= 11 is 7.57. The van der Waals surface area contributed by atoms with Crippen molar-refractivity contribution < 1.29 is 22.0 Å². The number of carbonyl (C=O) groups excluding carboxylic acids is 1. The molecule has 1 N–H and O–H groups in total. The number of benzene rings is 1. The summed E-state index contributed by atoms with van der Waals surface area (Å²) in [7, 11) is -3.02. The van der Waals surface area contributed by atoms with E-state index in [9.17, 15) is 13.2 Å². The molecule has 13 heteroatoms. The van der Waals surface area contributed by atoms with Crippen LogP contribution in [0.1, 0.15) is 43.7 Å². The van der Waals surface area contributed by atoms with Gasteiger partial charge in [0.2, 0.25) is 11.8 Å². The Balaban J connectivity index is 1.38. The van der Waals surface area contributed by atoms with Gasteiger partial charge in [-0.25, -0.2) is 22.2 Å². The van der Waals surface area contributed by atoms with Gasteiger partial charge >= 0.3 is 0 Å². The molecule has 8 nitrogen and oxygen atoms in total.